The van der Waals surface area contributed by atoms with Gasteiger partial charge in [-0.1, -0.05) is 12.1 Å². The molecule has 24 heavy (non-hydrogen) atoms. The molecule has 0 aliphatic carbocycles. The number of primary amides is 1. The Balaban J connectivity index is 1.88. The summed E-state index contributed by atoms with van der Waals surface area (Å²) >= 11 is 0. The van der Waals surface area contributed by atoms with E-state index in [0.717, 1.165) is 6.42 Å². The molecule has 0 saturated carbocycles. The minimum atomic E-state index is -0.383. The van der Waals surface area contributed by atoms with E-state index in [0.29, 0.717) is 24.0 Å². The molecule has 1 aliphatic heterocycles. The van der Waals surface area contributed by atoms with E-state index in [4.69, 9.17) is 5.73 Å². The molecule has 7 heteroatoms. The van der Waals surface area contributed by atoms with Crippen LogP contribution in [0, 0.1) is 5.92 Å². The van der Waals surface area contributed by atoms with Gasteiger partial charge in [0.15, 0.2) is 0 Å². The Hall–Kier alpha value is -2.70. The fraction of sp³-hybridized carbons (Fsp3) is 0.412. The second-order valence-electron chi connectivity index (χ2n) is 6.24. The van der Waals surface area contributed by atoms with E-state index in [2.05, 4.69) is 4.98 Å². The van der Waals surface area contributed by atoms with Crippen LogP contribution in [0.3, 0.4) is 0 Å². The number of nitrogens with zero attached hydrogens (tertiary/aromatic N) is 3. The van der Waals surface area contributed by atoms with Crippen LogP contribution in [0.5, 0.6) is 0 Å². The number of hydrogen-bond donors (Lipinski definition) is 1. The average Bonchev–Trinajstić information content (AvgIpc) is 2.57. The molecule has 2 heterocycles. The van der Waals surface area contributed by atoms with Crippen LogP contribution in [0.25, 0.3) is 11.0 Å². The summed E-state index contributed by atoms with van der Waals surface area (Å²) in [6.45, 7) is 2.19. The third-order valence-electron chi connectivity index (χ3n) is 4.65. The highest BCUT2D eigenvalue weighted by Gasteiger charge is 2.31. The Morgan fingerprint density at radius 3 is 2.79 bits per heavy atom. The summed E-state index contributed by atoms with van der Waals surface area (Å²) in [4.78, 5) is 42.1. The van der Waals surface area contributed by atoms with E-state index in [-0.39, 0.29) is 35.9 Å². The highest BCUT2D eigenvalue weighted by Crippen LogP contribution is 2.22. The number of para-hydroxylation sites is 2. The number of hydrogen-bond acceptors (Lipinski definition) is 4. The van der Waals surface area contributed by atoms with Crippen LogP contribution in [0.4, 0.5) is 0 Å². The van der Waals surface area contributed by atoms with Crippen LogP contribution in [0.2, 0.25) is 0 Å². The first-order chi connectivity index (χ1) is 11.5. The minimum absolute atomic E-state index is 0.0249. The van der Waals surface area contributed by atoms with Gasteiger partial charge in [-0.15, -0.1) is 0 Å². The Bertz CT molecular complexity index is 845. The lowest BCUT2D eigenvalue weighted by Gasteiger charge is -2.37. The van der Waals surface area contributed by atoms with Crippen molar-refractivity contribution in [2.24, 2.45) is 11.7 Å². The first-order valence-corrected chi connectivity index (χ1v) is 8.00. The maximum atomic E-state index is 12.7. The molecule has 0 radical (unpaired) electrons. The normalized spacial score (nSPS) is 21.0. The minimum Gasteiger partial charge on any atom is -0.369 e. The summed E-state index contributed by atoms with van der Waals surface area (Å²) in [6.07, 6.45) is 2.64. The molecule has 1 aliphatic rings. The van der Waals surface area contributed by atoms with Crippen molar-refractivity contribution in [2.75, 3.05) is 6.54 Å². The van der Waals surface area contributed by atoms with Gasteiger partial charge in [0.2, 0.25) is 11.8 Å². The molecular formula is C17H20N4O3. The van der Waals surface area contributed by atoms with Crippen LogP contribution in [-0.2, 0) is 16.1 Å². The standard InChI is InChI=1S/C17H20N4O3/c1-11-6-7-12(17(18)24)9-20(11)16(23)10-21-14-5-3-2-4-13(14)19-8-15(21)22/h2-5,8,11-12H,6-7,9-10H2,1H3,(H2,18,24). The zero-order valence-corrected chi connectivity index (χ0v) is 13.5. The van der Waals surface area contributed by atoms with Crippen LogP contribution < -0.4 is 11.3 Å². The van der Waals surface area contributed by atoms with E-state index in [1.807, 2.05) is 13.0 Å². The maximum absolute atomic E-state index is 12.7. The van der Waals surface area contributed by atoms with Gasteiger partial charge in [-0.25, -0.2) is 4.98 Å². The zero-order chi connectivity index (χ0) is 17.3. The molecule has 1 fully saturated rings. The molecule has 2 aromatic rings. The molecule has 1 saturated heterocycles. The SMILES string of the molecule is CC1CCC(C(N)=O)CN1C(=O)Cn1c(=O)cnc2ccccc21. The summed E-state index contributed by atoms with van der Waals surface area (Å²) in [5.41, 5.74) is 6.34. The van der Waals surface area contributed by atoms with E-state index in [9.17, 15) is 14.4 Å². The van der Waals surface area contributed by atoms with Crippen molar-refractivity contribution in [3.8, 4) is 0 Å². The van der Waals surface area contributed by atoms with Gasteiger partial charge in [0.25, 0.3) is 5.56 Å². The van der Waals surface area contributed by atoms with Gasteiger partial charge in [0.1, 0.15) is 6.54 Å². The summed E-state index contributed by atoms with van der Waals surface area (Å²) in [5, 5.41) is 0. The summed E-state index contributed by atoms with van der Waals surface area (Å²) in [7, 11) is 0. The average molecular weight is 328 g/mol. The van der Waals surface area contributed by atoms with Gasteiger partial charge < -0.3 is 10.6 Å². The molecule has 7 nitrogen and oxygen atoms in total. The molecule has 1 aromatic heterocycles. The fourth-order valence-corrected chi connectivity index (χ4v) is 3.19. The second-order valence-corrected chi connectivity index (χ2v) is 6.24. The first-order valence-electron chi connectivity index (χ1n) is 8.00. The molecule has 0 bridgehead atoms. The van der Waals surface area contributed by atoms with E-state index in [1.165, 1.54) is 10.8 Å². The van der Waals surface area contributed by atoms with Crippen LogP contribution >= 0.6 is 0 Å². The second kappa shape index (κ2) is 6.43. The Labute approximate surface area is 139 Å². The third-order valence-corrected chi connectivity index (χ3v) is 4.65. The van der Waals surface area contributed by atoms with E-state index >= 15 is 0 Å². The number of carbonyl (C=O) groups is 2. The van der Waals surface area contributed by atoms with Gasteiger partial charge in [0.05, 0.1) is 23.1 Å². The van der Waals surface area contributed by atoms with Gasteiger partial charge >= 0.3 is 0 Å². The number of carbonyl (C=O) groups excluding carboxylic acids is 2. The predicted molar refractivity (Wildman–Crippen MR) is 89.1 cm³/mol. The summed E-state index contributed by atoms with van der Waals surface area (Å²) in [6, 6.07) is 7.22. The van der Waals surface area contributed by atoms with Crippen molar-refractivity contribution >= 4 is 22.8 Å². The molecule has 126 valence electrons. The lowest BCUT2D eigenvalue weighted by atomic mass is 9.93. The largest absolute Gasteiger partial charge is 0.369 e. The number of benzene rings is 1. The van der Waals surface area contributed by atoms with Crippen molar-refractivity contribution < 1.29 is 9.59 Å². The molecular weight excluding hydrogens is 308 g/mol. The number of aromatic nitrogens is 2. The number of rotatable bonds is 3. The maximum Gasteiger partial charge on any atom is 0.269 e. The van der Waals surface area contributed by atoms with Gasteiger partial charge in [-0.2, -0.15) is 0 Å². The zero-order valence-electron chi connectivity index (χ0n) is 13.5. The summed E-state index contributed by atoms with van der Waals surface area (Å²) < 4.78 is 1.42. The monoisotopic (exact) mass is 328 g/mol. The van der Waals surface area contributed by atoms with Crippen LogP contribution in [-0.4, -0.2) is 38.9 Å². The molecule has 1 aromatic carbocycles. The van der Waals surface area contributed by atoms with Crippen molar-refractivity contribution in [1.29, 1.82) is 0 Å². The lowest BCUT2D eigenvalue weighted by Crippen LogP contribution is -2.50. The molecule has 2 atom stereocenters. The van der Waals surface area contributed by atoms with Crippen molar-refractivity contribution in [2.45, 2.75) is 32.4 Å². The number of fused-ring (bicyclic) bond motifs is 1. The first kappa shape index (κ1) is 16.2. The topological polar surface area (TPSA) is 98.3 Å². The van der Waals surface area contributed by atoms with Gasteiger partial charge in [-0.05, 0) is 31.9 Å². The van der Waals surface area contributed by atoms with Crippen LogP contribution in [0.1, 0.15) is 19.8 Å². The van der Waals surface area contributed by atoms with Crippen molar-refractivity contribution in [3.05, 3.63) is 40.8 Å². The third kappa shape index (κ3) is 3.02. The van der Waals surface area contributed by atoms with E-state index < -0.39 is 0 Å². The molecule has 2 amide bonds. The van der Waals surface area contributed by atoms with Crippen LogP contribution in [0.15, 0.2) is 35.3 Å². The highest BCUT2D eigenvalue weighted by molar-refractivity contribution is 5.82. The van der Waals surface area contributed by atoms with Crippen molar-refractivity contribution in [1.82, 2.24) is 14.5 Å². The quantitative estimate of drug-likeness (QED) is 0.887. The van der Waals surface area contributed by atoms with Gasteiger partial charge in [0, 0.05) is 12.6 Å². The molecule has 3 rings (SSSR count). The Morgan fingerprint density at radius 1 is 1.29 bits per heavy atom. The highest BCUT2D eigenvalue weighted by atomic mass is 16.2. The van der Waals surface area contributed by atoms with Crippen molar-refractivity contribution in [3.63, 3.8) is 0 Å². The molecule has 2 N–H and O–H groups in total. The lowest BCUT2D eigenvalue weighted by molar-refractivity contribution is -0.138. The smallest absolute Gasteiger partial charge is 0.269 e. The Morgan fingerprint density at radius 2 is 2.04 bits per heavy atom. The summed E-state index contributed by atoms with van der Waals surface area (Å²) in [5.74, 6) is -0.894. The molecule has 0 spiro atoms. The Kier molecular flexibility index (Phi) is 4.33. The fourth-order valence-electron chi connectivity index (χ4n) is 3.19. The number of piperidine rings is 1. The predicted octanol–water partition coefficient (Wildman–Crippen LogP) is 0.509. The number of likely N-dealkylation sites (tertiary alicyclic amines) is 1. The molecule has 2 unspecified atom stereocenters. The number of nitrogens with two attached hydrogens (primary N) is 1. The number of amides is 2. The van der Waals surface area contributed by atoms with E-state index in [1.54, 1.807) is 23.1 Å². The van der Waals surface area contributed by atoms with Gasteiger partial charge in [-0.3, -0.25) is 19.0 Å².